The molecule has 0 aromatic heterocycles. The highest BCUT2D eigenvalue weighted by molar-refractivity contribution is 6.10. The van der Waals surface area contributed by atoms with E-state index in [1.165, 1.54) is 6.07 Å². The number of carbonyl (C=O) groups excluding carboxylic acids is 4. The van der Waals surface area contributed by atoms with Crippen LogP contribution in [0.25, 0.3) is 0 Å². The average molecular weight is 375 g/mol. The van der Waals surface area contributed by atoms with Crippen LogP contribution in [0, 0.1) is 5.92 Å². The third-order valence-corrected chi connectivity index (χ3v) is 4.16. The molecule has 1 aromatic rings. The maximum Gasteiger partial charge on any atom is 0.340 e. The zero-order valence-electron chi connectivity index (χ0n) is 16.0. The van der Waals surface area contributed by atoms with Gasteiger partial charge >= 0.3 is 12.0 Å². The Morgan fingerprint density at radius 3 is 2.56 bits per heavy atom. The molecule has 2 N–H and O–H groups in total. The number of rotatable bonds is 7. The van der Waals surface area contributed by atoms with Crippen LogP contribution >= 0.6 is 0 Å². The molecule has 0 radical (unpaired) electrons. The number of benzene rings is 1. The zero-order chi connectivity index (χ0) is 20.2. The van der Waals surface area contributed by atoms with Crippen molar-refractivity contribution in [1.82, 2.24) is 10.2 Å². The van der Waals surface area contributed by atoms with E-state index in [-0.39, 0.29) is 23.8 Å². The molecule has 27 heavy (non-hydrogen) atoms. The number of ether oxygens (including phenoxy) is 1. The number of carbonyl (C=O) groups is 4. The van der Waals surface area contributed by atoms with Gasteiger partial charge in [-0.15, -0.1) is 0 Å². The summed E-state index contributed by atoms with van der Waals surface area (Å²) in [7, 11) is 0. The normalized spacial score (nSPS) is 19.2. The minimum atomic E-state index is -1.02. The molecule has 1 saturated heterocycles. The third-order valence-electron chi connectivity index (χ3n) is 4.16. The second-order valence-electron chi connectivity index (χ2n) is 7.07. The summed E-state index contributed by atoms with van der Waals surface area (Å²) in [6, 6.07) is 5.79. The van der Waals surface area contributed by atoms with Gasteiger partial charge in [-0.2, -0.15) is 0 Å². The van der Waals surface area contributed by atoms with Crippen molar-refractivity contribution >= 4 is 29.5 Å². The summed E-state index contributed by atoms with van der Waals surface area (Å²) < 4.78 is 4.96. The first-order chi connectivity index (χ1) is 12.7. The molecular weight excluding hydrogens is 350 g/mol. The van der Waals surface area contributed by atoms with Crippen LogP contribution in [0.5, 0.6) is 0 Å². The number of nitrogens with one attached hydrogen (secondary N) is 2. The molecule has 1 aliphatic heterocycles. The van der Waals surface area contributed by atoms with Crippen LogP contribution in [-0.4, -0.2) is 47.4 Å². The van der Waals surface area contributed by atoms with Gasteiger partial charge < -0.3 is 15.4 Å². The van der Waals surface area contributed by atoms with E-state index in [0.717, 1.165) is 4.90 Å². The molecule has 0 unspecified atom stereocenters. The molecule has 0 saturated carbocycles. The van der Waals surface area contributed by atoms with Crippen LogP contribution in [0.15, 0.2) is 24.3 Å². The van der Waals surface area contributed by atoms with Gasteiger partial charge in [-0.05, 0) is 38.3 Å². The SMILES string of the molecule is CCOC(=O)c1ccccc1NC(=O)CN1C(=O)N[C@@](C)(CC(C)C)C1=O. The van der Waals surface area contributed by atoms with Crippen molar-refractivity contribution in [2.75, 3.05) is 18.5 Å². The third kappa shape index (κ3) is 4.64. The lowest BCUT2D eigenvalue weighted by Gasteiger charge is -2.23. The molecule has 146 valence electrons. The Morgan fingerprint density at radius 2 is 1.93 bits per heavy atom. The van der Waals surface area contributed by atoms with E-state index in [9.17, 15) is 19.2 Å². The molecule has 0 bridgehead atoms. The maximum atomic E-state index is 12.6. The minimum Gasteiger partial charge on any atom is -0.462 e. The Labute approximate surface area is 158 Å². The van der Waals surface area contributed by atoms with Crippen LogP contribution in [0.3, 0.4) is 0 Å². The number of amides is 4. The first-order valence-electron chi connectivity index (χ1n) is 8.88. The number of para-hydroxylation sites is 1. The summed E-state index contributed by atoms with van der Waals surface area (Å²) in [5.74, 6) is -1.38. The fourth-order valence-corrected chi connectivity index (χ4v) is 3.16. The predicted octanol–water partition coefficient (Wildman–Crippen LogP) is 2.16. The summed E-state index contributed by atoms with van der Waals surface area (Å²) in [5, 5.41) is 5.23. The van der Waals surface area contributed by atoms with Gasteiger partial charge in [0.25, 0.3) is 5.91 Å². The Bertz CT molecular complexity index is 761. The highest BCUT2D eigenvalue weighted by Crippen LogP contribution is 2.25. The van der Waals surface area contributed by atoms with E-state index >= 15 is 0 Å². The van der Waals surface area contributed by atoms with Crippen LogP contribution in [0.4, 0.5) is 10.5 Å². The molecule has 1 atom stereocenters. The molecule has 1 fully saturated rings. The fraction of sp³-hybridized carbons (Fsp3) is 0.474. The van der Waals surface area contributed by atoms with Crippen molar-refractivity contribution in [1.29, 1.82) is 0 Å². The maximum absolute atomic E-state index is 12.6. The van der Waals surface area contributed by atoms with Crippen LogP contribution in [0.1, 0.15) is 44.5 Å². The Balaban J connectivity index is 2.10. The summed E-state index contributed by atoms with van der Waals surface area (Å²) >= 11 is 0. The van der Waals surface area contributed by atoms with Gasteiger partial charge in [0.15, 0.2) is 0 Å². The van der Waals surface area contributed by atoms with E-state index in [2.05, 4.69) is 10.6 Å². The van der Waals surface area contributed by atoms with Gasteiger partial charge in [0.1, 0.15) is 12.1 Å². The number of esters is 1. The summed E-state index contributed by atoms with van der Waals surface area (Å²) in [4.78, 5) is 50.0. The summed E-state index contributed by atoms with van der Waals surface area (Å²) in [5.41, 5.74) is -0.554. The first kappa shape index (κ1) is 20.4. The minimum absolute atomic E-state index is 0.199. The molecule has 0 spiro atoms. The van der Waals surface area contributed by atoms with Gasteiger partial charge in [0.2, 0.25) is 5.91 Å². The molecule has 2 rings (SSSR count). The molecule has 8 nitrogen and oxygen atoms in total. The van der Waals surface area contributed by atoms with E-state index in [1.54, 1.807) is 32.0 Å². The summed E-state index contributed by atoms with van der Waals surface area (Å²) in [6.07, 6.45) is 0.474. The highest BCUT2D eigenvalue weighted by Gasteiger charge is 2.48. The Hall–Kier alpha value is -2.90. The zero-order valence-corrected chi connectivity index (χ0v) is 16.0. The van der Waals surface area contributed by atoms with Crippen molar-refractivity contribution in [3.05, 3.63) is 29.8 Å². The lowest BCUT2D eigenvalue weighted by atomic mass is 9.91. The van der Waals surface area contributed by atoms with Crippen LogP contribution in [-0.2, 0) is 14.3 Å². The van der Waals surface area contributed by atoms with Gasteiger partial charge in [0.05, 0.1) is 17.9 Å². The van der Waals surface area contributed by atoms with Crippen molar-refractivity contribution < 1.29 is 23.9 Å². The first-order valence-corrected chi connectivity index (χ1v) is 8.88. The highest BCUT2D eigenvalue weighted by atomic mass is 16.5. The van der Waals surface area contributed by atoms with Crippen molar-refractivity contribution in [3.8, 4) is 0 Å². The van der Waals surface area contributed by atoms with Crippen LogP contribution < -0.4 is 10.6 Å². The molecule has 8 heteroatoms. The van der Waals surface area contributed by atoms with E-state index in [1.807, 2.05) is 13.8 Å². The van der Waals surface area contributed by atoms with E-state index < -0.39 is 35.9 Å². The number of urea groups is 1. The quantitative estimate of drug-likeness (QED) is 0.561. The standard InChI is InChI=1S/C19H25N3O5/c1-5-27-16(24)13-8-6-7-9-14(13)20-15(23)11-22-17(25)19(4,10-12(2)3)21-18(22)26/h6-9,12H,5,10-11H2,1-4H3,(H,20,23)(H,21,26)/t19-/m0/s1. The number of imide groups is 1. The predicted molar refractivity (Wildman–Crippen MR) is 99.1 cm³/mol. The smallest absolute Gasteiger partial charge is 0.340 e. The van der Waals surface area contributed by atoms with Gasteiger partial charge in [-0.25, -0.2) is 9.59 Å². The fourth-order valence-electron chi connectivity index (χ4n) is 3.16. The second kappa shape index (κ2) is 8.20. The van der Waals surface area contributed by atoms with E-state index in [4.69, 9.17) is 4.74 Å². The second-order valence-corrected chi connectivity index (χ2v) is 7.07. The van der Waals surface area contributed by atoms with Gasteiger partial charge in [-0.1, -0.05) is 26.0 Å². The lowest BCUT2D eigenvalue weighted by Crippen LogP contribution is -2.45. The van der Waals surface area contributed by atoms with Crippen molar-refractivity contribution in [2.24, 2.45) is 5.92 Å². The average Bonchev–Trinajstić information content (AvgIpc) is 2.77. The summed E-state index contributed by atoms with van der Waals surface area (Å²) in [6.45, 7) is 7.01. The number of nitrogens with zero attached hydrogens (tertiary/aromatic N) is 1. The number of hydrogen-bond acceptors (Lipinski definition) is 5. The number of hydrogen-bond donors (Lipinski definition) is 2. The molecule has 0 aliphatic carbocycles. The van der Waals surface area contributed by atoms with Crippen molar-refractivity contribution in [3.63, 3.8) is 0 Å². The van der Waals surface area contributed by atoms with E-state index in [0.29, 0.717) is 6.42 Å². The van der Waals surface area contributed by atoms with Gasteiger partial charge in [-0.3, -0.25) is 14.5 Å². The lowest BCUT2D eigenvalue weighted by molar-refractivity contribution is -0.133. The molecule has 1 aromatic carbocycles. The molecule has 1 aliphatic rings. The topological polar surface area (TPSA) is 105 Å². The molecule has 4 amide bonds. The largest absolute Gasteiger partial charge is 0.462 e. The molecular formula is C19H25N3O5. The monoisotopic (exact) mass is 375 g/mol. The Morgan fingerprint density at radius 1 is 1.26 bits per heavy atom. The Kier molecular flexibility index (Phi) is 6.20. The molecule has 1 heterocycles. The number of anilines is 1. The van der Waals surface area contributed by atoms with Crippen molar-refractivity contribution in [2.45, 2.75) is 39.7 Å². The van der Waals surface area contributed by atoms with Gasteiger partial charge in [0, 0.05) is 0 Å². The van der Waals surface area contributed by atoms with Crippen LogP contribution in [0.2, 0.25) is 0 Å².